The molecule has 0 fully saturated rings. The van der Waals surface area contributed by atoms with Crippen LogP contribution < -0.4 is 5.32 Å². The summed E-state index contributed by atoms with van der Waals surface area (Å²) < 4.78 is 2.27. The second-order valence-electron chi connectivity index (χ2n) is 5.49. The zero-order valence-corrected chi connectivity index (χ0v) is 12.9. The van der Waals surface area contributed by atoms with Gasteiger partial charge in [0.15, 0.2) is 0 Å². The molecule has 0 aliphatic rings. The molecule has 0 saturated heterocycles. The van der Waals surface area contributed by atoms with Gasteiger partial charge in [0.2, 0.25) is 0 Å². The van der Waals surface area contributed by atoms with Crippen LogP contribution in [0.5, 0.6) is 0 Å². The largest absolute Gasteiger partial charge is 0.378 e. The molecule has 0 bridgehead atoms. The highest BCUT2D eigenvalue weighted by atomic mass is 15.1. The molecule has 0 saturated carbocycles. The lowest BCUT2D eigenvalue weighted by Gasteiger charge is -2.10. The van der Waals surface area contributed by atoms with E-state index in [1.807, 2.05) is 6.07 Å². The standard InChI is InChI=1S/C18H21N3/c1-4-21-17-8-6-5-7-16(17)20-18(21)12-19-15-10-13(2)9-14(3)11-15/h5-11,19H,4,12H2,1-3H3. The number of nitrogens with one attached hydrogen (secondary N) is 1. The van der Waals surface area contributed by atoms with Crippen LogP contribution in [0.2, 0.25) is 0 Å². The smallest absolute Gasteiger partial charge is 0.129 e. The Labute approximate surface area is 125 Å². The fourth-order valence-electron chi connectivity index (χ4n) is 2.87. The molecule has 2 aromatic carbocycles. The molecule has 0 spiro atoms. The number of nitrogens with zero attached hydrogens (tertiary/aromatic N) is 2. The summed E-state index contributed by atoms with van der Waals surface area (Å²) in [6.07, 6.45) is 0. The van der Waals surface area contributed by atoms with Crippen molar-refractivity contribution in [1.82, 2.24) is 9.55 Å². The number of rotatable bonds is 4. The van der Waals surface area contributed by atoms with E-state index in [1.54, 1.807) is 0 Å². The van der Waals surface area contributed by atoms with Crippen LogP contribution in [0.25, 0.3) is 11.0 Å². The zero-order chi connectivity index (χ0) is 14.8. The summed E-state index contributed by atoms with van der Waals surface area (Å²) in [5.41, 5.74) is 5.99. The summed E-state index contributed by atoms with van der Waals surface area (Å²) >= 11 is 0. The molecule has 0 aliphatic heterocycles. The first-order valence-electron chi connectivity index (χ1n) is 7.43. The SMILES string of the molecule is CCn1c(CNc2cc(C)cc(C)c2)nc2ccccc21. The van der Waals surface area contributed by atoms with Crippen molar-refractivity contribution < 1.29 is 0 Å². The number of imidazole rings is 1. The Balaban J connectivity index is 1.88. The van der Waals surface area contributed by atoms with Crippen LogP contribution in [-0.2, 0) is 13.1 Å². The molecule has 3 aromatic rings. The Bertz CT molecular complexity index is 751. The van der Waals surface area contributed by atoms with Crippen LogP contribution in [0.15, 0.2) is 42.5 Å². The summed E-state index contributed by atoms with van der Waals surface area (Å²) in [5, 5.41) is 3.49. The fourth-order valence-corrected chi connectivity index (χ4v) is 2.87. The topological polar surface area (TPSA) is 29.9 Å². The summed E-state index contributed by atoms with van der Waals surface area (Å²) in [4.78, 5) is 4.74. The van der Waals surface area contributed by atoms with Gasteiger partial charge in [0.05, 0.1) is 17.6 Å². The van der Waals surface area contributed by atoms with E-state index in [0.29, 0.717) is 0 Å². The molecule has 108 valence electrons. The minimum absolute atomic E-state index is 0.741. The zero-order valence-electron chi connectivity index (χ0n) is 12.9. The third-order valence-electron chi connectivity index (χ3n) is 3.72. The van der Waals surface area contributed by atoms with Gasteiger partial charge in [-0.25, -0.2) is 4.98 Å². The normalized spacial score (nSPS) is 11.0. The molecule has 1 heterocycles. The van der Waals surface area contributed by atoms with Gasteiger partial charge in [-0.05, 0) is 56.2 Å². The summed E-state index contributed by atoms with van der Waals surface area (Å²) in [7, 11) is 0. The molecule has 0 atom stereocenters. The van der Waals surface area contributed by atoms with Gasteiger partial charge in [-0.3, -0.25) is 0 Å². The number of hydrogen-bond acceptors (Lipinski definition) is 2. The molecule has 3 heteroatoms. The minimum Gasteiger partial charge on any atom is -0.378 e. The number of aromatic nitrogens is 2. The Morgan fingerprint density at radius 2 is 1.76 bits per heavy atom. The van der Waals surface area contributed by atoms with Crippen LogP contribution >= 0.6 is 0 Å². The molecule has 1 N–H and O–H groups in total. The predicted molar refractivity (Wildman–Crippen MR) is 88.6 cm³/mol. The molecular formula is C18H21N3. The maximum atomic E-state index is 4.74. The molecule has 3 rings (SSSR count). The lowest BCUT2D eigenvalue weighted by atomic mass is 10.1. The van der Waals surface area contributed by atoms with Gasteiger partial charge in [-0.2, -0.15) is 0 Å². The van der Waals surface area contributed by atoms with Crippen molar-refractivity contribution in [3.05, 3.63) is 59.4 Å². The van der Waals surface area contributed by atoms with Crippen LogP contribution in [-0.4, -0.2) is 9.55 Å². The van der Waals surface area contributed by atoms with Gasteiger partial charge in [0, 0.05) is 12.2 Å². The van der Waals surface area contributed by atoms with Gasteiger partial charge < -0.3 is 9.88 Å². The minimum atomic E-state index is 0.741. The van der Waals surface area contributed by atoms with Crippen LogP contribution in [0.1, 0.15) is 23.9 Å². The quantitative estimate of drug-likeness (QED) is 0.772. The van der Waals surface area contributed by atoms with Crippen molar-refractivity contribution in [1.29, 1.82) is 0 Å². The summed E-state index contributed by atoms with van der Waals surface area (Å²) in [5.74, 6) is 1.08. The number of anilines is 1. The van der Waals surface area contributed by atoms with E-state index in [9.17, 15) is 0 Å². The molecule has 0 unspecified atom stereocenters. The molecular weight excluding hydrogens is 258 g/mol. The van der Waals surface area contributed by atoms with Gasteiger partial charge in [-0.15, -0.1) is 0 Å². The monoisotopic (exact) mass is 279 g/mol. The average molecular weight is 279 g/mol. The van der Waals surface area contributed by atoms with Crippen molar-refractivity contribution in [2.45, 2.75) is 33.9 Å². The average Bonchev–Trinajstić information content (AvgIpc) is 2.81. The molecule has 0 aliphatic carbocycles. The molecule has 3 nitrogen and oxygen atoms in total. The first kappa shape index (κ1) is 13.7. The molecule has 21 heavy (non-hydrogen) atoms. The number of aryl methyl sites for hydroxylation is 3. The van der Waals surface area contributed by atoms with E-state index < -0.39 is 0 Å². The molecule has 0 amide bonds. The van der Waals surface area contributed by atoms with E-state index in [-0.39, 0.29) is 0 Å². The van der Waals surface area contributed by atoms with Crippen LogP contribution in [0.4, 0.5) is 5.69 Å². The van der Waals surface area contributed by atoms with Crippen molar-refractivity contribution in [3.8, 4) is 0 Å². The van der Waals surface area contributed by atoms with Gasteiger partial charge >= 0.3 is 0 Å². The van der Waals surface area contributed by atoms with Crippen molar-refractivity contribution in [2.75, 3.05) is 5.32 Å². The Kier molecular flexibility index (Phi) is 3.65. The second kappa shape index (κ2) is 5.60. The third kappa shape index (κ3) is 2.77. The second-order valence-corrected chi connectivity index (χ2v) is 5.49. The Morgan fingerprint density at radius 1 is 1.05 bits per heavy atom. The highest BCUT2D eigenvalue weighted by molar-refractivity contribution is 5.76. The van der Waals surface area contributed by atoms with Gasteiger partial charge in [0.1, 0.15) is 5.82 Å². The lowest BCUT2D eigenvalue weighted by molar-refractivity contribution is 0.729. The fraction of sp³-hybridized carbons (Fsp3) is 0.278. The number of para-hydroxylation sites is 2. The van der Waals surface area contributed by atoms with Crippen LogP contribution in [0.3, 0.4) is 0 Å². The summed E-state index contributed by atoms with van der Waals surface area (Å²) in [6.45, 7) is 8.09. The lowest BCUT2D eigenvalue weighted by Crippen LogP contribution is -2.08. The Hall–Kier alpha value is -2.29. The number of benzene rings is 2. The Morgan fingerprint density at radius 3 is 2.48 bits per heavy atom. The van der Waals surface area contributed by atoms with E-state index in [1.165, 1.54) is 16.6 Å². The highest BCUT2D eigenvalue weighted by Crippen LogP contribution is 2.18. The van der Waals surface area contributed by atoms with Crippen molar-refractivity contribution in [2.24, 2.45) is 0 Å². The van der Waals surface area contributed by atoms with Gasteiger partial charge in [-0.1, -0.05) is 18.2 Å². The molecule has 1 aromatic heterocycles. The van der Waals surface area contributed by atoms with Crippen molar-refractivity contribution in [3.63, 3.8) is 0 Å². The third-order valence-corrected chi connectivity index (χ3v) is 3.72. The van der Waals surface area contributed by atoms with E-state index in [2.05, 4.69) is 67.1 Å². The van der Waals surface area contributed by atoms with E-state index >= 15 is 0 Å². The summed E-state index contributed by atoms with van der Waals surface area (Å²) in [6, 6.07) is 14.8. The molecule has 0 radical (unpaired) electrons. The first-order chi connectivity index (χ1) is 10.2. The maximum absolute atomic E-state index is 4.74. The number of hydrogen-bond donors (Lipinski definition) is 1. The highest BCUT2D eigenvalue weighted by Gasteiger charge is 2.08. The number of fused-ring (bicyclic) bond motifs is 1. The predicted octanol–water partition coefficient (Wildman–Crippen LogP) is 4.29. The van der Waals surface area contributed by atoms with Gasteiger partial charge in [0.25, 0.3) is 0 Å². The maximum Gasteiger partial charge on any atom is 0.129 e. The van der Waals surface area contributed by atoms with Crippen LogP contribution in [0, 0.1) is 13.8 Å². The van der Waals surface area contributed by atoms with E-state index in [0.717, 1.165) is 30.1 Å². The first-order valence-corrected chi connectivity index (χ1v) is 7.43. The van der Waals surface area contributed by atoms with E-state index in [4.69, 9.17) is 4.98 Å². The van der Waals surface area contributed by atoms with Crippen molar-refractivity contribution >= 4 is 16.7 Å².